The van der Waals surface area contributed by atoms with Crippen molar-refractivity contribution in [2.45, 2.75) is 39.8 Å². The van der Waals surface area contributed by atoms with Crippen molar-refractivity contribution in [2.24, 2.45) is 5.92 Å². The molecule has 0 aliphatic rings. The second kappa shape index (κ2) is 6.61. The maximum absolute atomic E-state index is 4.39. The molecule has 2 rings (SSSR count). The van der Waals surface area contributed by atoms with Crippen LogP contribution in [0.15, 0.2) is 24.7 Å². The van der Waals surface area contributed by atoms with E-state index in [0.29, 0.717) is 5.92 Å². The standard InChI is InChI=1S/C15H23N5/c1-11(2)9-20-15(18-10-19-20)7-14(16-4)13-6-5-12(3)17-8-13/h5-6,8,10-11,14,16H,7,9H2,1-4H3. The fourth-order valence-electron chi connectivity index (χ4n) is 2.20. The molecule has 0 amide bonds. The maximum Gasteiger partial charge on any atom is 0.138 e. The Kier molecular flexibility index (Phi) is 4.84. The van der Waals surface area contributed by atoms with Crippen molar-refractivity contribution in [3.8, 4) is 0 Å². The van der Waals surface area contributed by atoms with Gasteiger partial charge < -0.3 is 5.32 Å². The summed E-state index contributed by atoms with van der Waals surface area (Å²) in [5, 5.41) is 7.65. The zero-order valence-electron chi connectivity index (χ0n) is 12.7. The second-order valence-electron chi connectivity index (χ2n) is 5.53. The van der Waals surface area contributed by atoms with Gasteiger partial charge in [0.15, 0.2) is 0 Å². The monoisotopic (exact) mass is 273 g/mol. The summed E-state index contributed by atoms with van der Waals surface area (Å²) in [7, 11) is 1.97. The zero-order chi connectivity index (χ0) is 14.5. The molecule has 0 bridgehead atoms. The van der Waals surface area contributed by atoms with Gasteiger partial charge in [0.25, 0.3) is 0 Å². The van der Waals surface area contributed by atoms with E-state index in [1.165, 1.54) is 5.56 Å². The molecule has 108 valence electrons. The molecule has 1 atom stereocenters. The van der Waals surface area contributed by atoms with Crippen LogP contribution >= 0.6 is 0 Å². The molecule has 0 aromatic carbocycles. The molecule has 20 heavy (non-hydrogen) atoms. The van der Waals surface area contributed by atoms with Gasteiger partial charge in [-0.2, -0.15) is 5.10 Å². The lowest BCUT2D eigenvalue weighted by atomic mass is 10.1. The Morgan fingerprint density at radius 1 is 1.25 bits per heavy atom. The van der Waals surface area contributed by atoms with Crippen LogP contribution in [0.4, 0.5) is 0 Å². The number of hydrogen-bond acceptors (Lipinski definition) is 4. The number of nitrogens with one attached hydrogen (secondary N) is 1. The van der Waals surface area contributed by atoms with Crippen LogP contribution in [0, 0.1) is 12.8 Å². The Hall–Kier alpha value is -1.75. The molecule has 0 saturated heterocycles. The van der Waals surface area contributed by atoms with Crippen LogP contribution in [0.25, 0.3) is 0 Å². The van der Waals surface area contributed by atoms with Crippen LogP contribution < -0.4 is 5.32 Å². The van der Waals surface area contributed by atoms with Gasteiger partial charge in [-0.05, 0) is 31.5 Å². The average molecular weight is 273 g/mol. The van der Waals surface area contributed by atoms with Gasteiger partial charge in [-0.25, -0.2) is 9.67 Å². The van der Waals surface area contributed by atoms with Crippen molar-refractivity contribution in [3.05, 3.63) is 41.7 Å². The number of hydrogen-bond donors (Lipinski definition) is 1. The van der Waals surface area contributed by atoms with Crippen molar-refractivity contribution in [1.29, 1.82) is 0 Å². The molecule has 0 spiro atoms. The first-order valence-electron chi connectivity index (χ1n) is 7.06. The van der Waals surface area contributed by atoms with E-state index in [1.807, 2.05) is 30.9 Å². The molecular weight excluding hydrogens is 250 g/mol. The molecule has 0 fully saturated rings. The average Bonchev–Trinajstić information content (AvgIpc) is 2.83. The van der Waals surface area contributed by atoms with Gasteiger partial charge in [0, 0.05) is 30.9 Å². The predicted molar refractivity (Wildman–Crippen MR) is 79.3 cm³/mol. The fraction of sp³-hybridized carbons (Fsp3) is 0.533. The van der Waals surface area contributed by atoms with Crippen molar-refractivity contribution < 1.29 is 0 Å². The summed E-state index contributed by atoms with van der Waals surface area (Å²) < 4.78 is 2.00. The molecule has 0 aliphatic heterocycles. The summed E-state index contributed by atoms with van der Waals surface area (Å²) in [6.07, 6.45) is 4.38. The van der Waals surface area contributed by atoms with E-state index < -0.39 is 0 Å². The highest BCUT2D eigenvalue weighted by atomic mass is 15.3. The third kappa shape index (κ3) is 3.63. The largest absolute Gasteiger partial charge is 0.313 e. The minimum atomic E-state index is 0.207. The summed E-state index contributed by atoms with van der Waals surface area (Å²) in [6.45, 7) is 7.27. The van der Waals surface area contributed by atoms with Gasteiger partial charge >= 0.3 is 0 Å². The van der Waals surface area contributed by atoms with E-state index in [4.69, 9.17) is 0 Å². The van der Waals surface area contributed by atoms with E-state index >= 15 is 0 Å². The highest BCUT2D eigenvalue weighted by Gasteiger charge is 2.15. The SMILES string of the molecule is CNC(Cc1ncnn1CC(C)C)c1ccc(C)nc1. The molecule has 2 aromatic heterocycles. The van der Waals surface area contributed by atoms with Gasteiger partial charge in [0.1, 0.15) is 12.2 Å². The minimum absolute atomic E-state index is 0.207. The maximum atomic E-state index is 4.39. The van der Waals surface area contributed by atoms with Crippen LogP contribution in [0.1, 0.15) is 37.0 Å². The van der Waals surface area contributed by atoms with E-state index in [1.54, 1.807) is 6.33 Å². The molecule has 0 radical (unpaired) electrons. The van der Waals surface area contributed by atoms with E-state index in [0.717, 1.165) is 24.5 Å². The smallest absolute Gasteiger partial charge is 0.138 e. The number of nitrogens with zero attached hydrogens (tertiary/aromatic N) is 4. The molecule has 0 saturated carbocycles. The molecule has 5 nitrogen and oxygen atoms in total. The Morgan fingerprint density at radius 3 is 2.65 bits per heavy atom. The number of likely N-dealkylation sites (N-methyl/N-ethyl adjacent to an activating group) is 1. The molecule has 2 heterocycles. The van der Waals surface area contributed by atoms with E-state index in [-0.39, 0.29) is 6.04 Å². The summed E-state index contributed by atoms with van der Waals surface area (Å²) in [5.74, 6) is 1.57. The lowest BCUT2D eigenvalue weighted by Gasteiger charge is -2.17. The molecule has 2 aromatic rings. The Bertz CT molecular complexity index is 529. The van der Waals surface area contributed by atoms with Crippen molar-refractivity contribution in [3.63, 3.8) is 0 Å². The van der Waals surface area contributed by atoms with Crippen LogP contribution in [0.5, 0.6) is 0 Å². The van der Waals surface area contributed by atoms with Gasteiger partial charge in [-0.15, -0.1) is 0 Å². The Balaban J connectivity index is 2.14. The third-order valence-corrected chi connectivity index (χ3v) is 3.31. The highest BCUT2D eigenvalue weighted by molar-refractivity contribution is 5.18. The summed E-state index contributed by atoms with van der Waals surface area (Å²) >= 11 is 0. The van der Waals surface area contributed by atoms with Gasteiger partial charge in [0.05, 0.1) is 0 Å². The first kappa shape index (κ1) is 14.7. The summed E-state index contributed by atoms with van der Waals surface area (Å²) in [5.41, 5.74) is 2.21. The number of aryl methyl sites for hydroxylation is 1. The summed E-state index contributed by atoms with van der Waals surface area (Å²) in [4.78, 5) is 8.76. The zero-order valence-corrected chi connectivity index (χ0v) is 12.7. The topological polar surface area (TPSA) is 55.6 Å². The lowest BCUT2D eigenvalue weighted by Crippen LogP contribution is -2.22. The molecule has 1 unspecified atom stereocenters. The normalized spacial score (nSPS) is 12.8. The van der Waals surface area contributed by atoms with Crippen LogP contribution in [-0.4, -0.2) is 26.8 Å². The van der Waals surface area contributed by atoms with Crippen molar-refractivity contribution >= 4 is 0 Å². The first-order chi connectivity index (χ1) is 9.60. The number of aromatic nitrogens is 4. The van der Waals surface area contributed by atoms with Crippen molar-refractivity contribution in [2.75, 3.05) is 7.05 Å². The van der Waals surface area contributed by atoms with E-state index in [9.17, 15) is 0 Å². The third-order valence-electron chi connectivity index (χ3n) is 3.31. The highest BCUT2D eigenvalue weighted by Crippen LogP contribution is 2.17. The van der Waals surface area contributed by atoms with E-state index in [2.05, 4.69) is 40.3 Å². The Labute approximate surface area is 120 Å². The minimum Gasteiger partial charge on any atom is -0.313 e. The van der Waals surface area contributed by atoms with Gasteiger partial charge in [-0.3, -0.25) is 4.98 Å². The quantitative estimate of drug-likeness (QED) is 0.876. The van der Waals surface area contributed by atoms with Crippen LogP contribution in [0.3, 0.4) is 0 Å². The van der Waals surface area contributed by atoms with Crippen molar-refractivity contribution in [1.82, 2.24) is 25.1 Å². The van der Waals surface area contributed by atoms with Gasteiger partial charge in [0.2, 0.25) is 0 Å². The lowest BCUT2D eigenvalue weighted by molar-refractivity contribution is 0.451. The number of pyridine rings is 1. The molecule has 1 N–H and O–H groups in total. The second-order valence-corrected chi connectivity index (χ2v) is 5.53. The van der Waals surface area contributed by atoms with Gasteiger partial charge in [-0.1, -0.05) is 19.9 Å². The van der Waals surface area contributed by atoms with Crippen LogP contribution in [-0.2, 0) is 13.0 Å². The first-order valence-corrected chi connectivity index (χ1v) is 7.06. The molecule has 5 heteroatoms. The number of rotatable bonds is 6. The summed E-state index contributed by atoms with van der Waals surface area (Å²) in [6, 6.07) is 4.36. The Morgan fingerprint density at radius 2 is 2.05 bits per heavy atom. The molecule has 0 aliphatic carbocycles. The van der Waals surface area contributed by atoms with Crippen LogP contribution in [0.2, 0.25) is 0 Å². The molecular formula is C15H23N5. The fourth-order valence-corrected chi connectivity index (χ4v) is 2.20. The predicted octanol–water partition coefficient (Wildman–Crippen LogP) is 2.14.